The molecule has 2 N–H and O–H groups in total. The van der Waals surface area contributed by atoms with E-state index < -0.39 is 0 Å². The molecule has 2 aromatic rings. The van der Waals surface area contributed by atoms with Crippen LogP contribution in [0.4, 0.5) is 0 Å². The molecular formula is C17H22N2O3S. The lowest BCUT2D eigenvalue weighted by Crippen LogP contribution is -2.39. The summed E-state index contributed by atoms with van der Waals surface area (Å²) in [6.07, 6.45) is 0.541. The summed E-state index contributed by atoms with van der Waals surface area (Å²) in [6.45, 7) is 4.09. The van der Waals surface area contributed by atoms with Crippen LogP contribution >= 0.6 is 11.3 Å². The molecule has 0 saturated heterocycles. The highest BCUT2D eigenvalue weighted by molar-refractivity contribution is 7.13. The molecule has 6 heteroatoms. The molecule has 2 rings (SSSR count). The molecule has 0 aliphatic rings. The topological polar surface area (TPSA) is 71.5 Å². The Kier molecular flexibility index (Phi) is 6.12. The molecule has 1 aromatic carbocycles. The zero-order valence-corrected chi connectivity index (χ0v) is 14.4. The van der Waals surface area contributed by atoms with Crippen molar-refractivity contribution in [2.75, 3.05) is 13.7 Å². The van der Waals surface area contributed by atoms with E-state index in [1.807, 2.05) is 38.1 Å². The maximum absolute atomic E-state index is 12.3. The number of carbonyl (C=O) groups excluding carboxylic acids is 1. The van der Waals surface area contributed by atoms with Crippen LogP contribution in [0.5, 0.6) is 5.75 Å². The van der Waals surface area contributed by atoms with Gasteiger partial charge in [0.25, 0.3) is 5.91 Å². The molecule has 0 fully saturated rings. The predicted molar refractivity (Wildman–Crippen MR) is 91.9 cm³/mol. The number of thiazole rings is 1. The molecule has 0 aliphatic carbocycles. The monoisotopic (exact) mass is 334 g/mol. The molecule has 1 unspecified atom stereocenters. The first-order valence-electron chi connectivity index (χ1n) is 7.56. The summed E-state index contributed by atoms with van der Waals surface area (Å²) in [5, 5.41) is 14.6. The second-order valence-corrected chi connectivity index (χ2v) is 6.46. The van der Waals surface area contributed by atoms with Crippen LogP contribution in [0.1, 0.15) is 30.8 Å². The second kappa shape index (κ2) is 8.08. The van der Waals surface area contributed by atoms with Gasteiger partial charge in [-0.1, -0.05) is 13.8 Å². The van der Waals surface area contributed by atoms with E-state index in [0.717, 1.165) is 16.3 Å². The van der Waals surface area contributed by atoms with Gasteiger partial charge in [0.2, 0.25) is 0 Å². The summed E-state index contributed by atoms with van der Waals surface area (Å²) in [5.41, 5.74) is 1.36. The highest BCUT2D eigenvalue weighted by Crippen LogP contribution is 2.25. The highest BCUT2D eigenvalue weighted by Gasteiger charge is 2.18. The fourth-order valence-electron chi connectivity index (χ4n) is 2.20. The van der Waals surface area contributed by atoms with Gasteiger partial charge in [-0.25, -0.2) is 4.98 Å². The second-order valence-electron chi connectivity index (χ2n) is 5.60. The van der Waals surface area contributed by atoms with Crippen LogP contribution in [0.25, 0.3) is 10.6 Å². The van der Waals surface area contributed by atoms with Crippen molar-refractivity contribution in [3.8, 4) is 16.3 Å². The molecule has 1 aromatic heterocycles. The number of rotatable bonds is 7. The summed E-state index contributed by atoms with van der Waals surface area (Å²) in [6, 6.07) is 7.52. The largest absolute Gasteiger partial charge is 0.497 e. The molecule has 0 aliphatic heterocycles. The number of aromatic nitrogens is 1. The molecule has 0 bridgehead atoms. The van der Waals surface area contributed by atoms with Crippen LogP contribution in [-0.4, -0.2) is 35.8 Å². The fraction of sp³-hybridized carbons (Fsp3) is 0.412. The molecule has 0 saturated carbocycles. The maximum atomic E-state index is 12.3. The van der Waals surface area contributed by atoms with Gasteiger partial charge in [-0.3, -0.25) is 4.79 Å². The zero-order chi connectivity index (χ0) is 16.8. The van der Waals surface area contributed by atoms with Crippen molar-refractivity contribution in [2.45, 2.75) is 26.3 Å². The molecule has 5 nitrogen and oxygen atoms in total. The van der Waals surface area contributed by atoms with Gasteiger partial charge in [-0.05, 0) is 36.6 Å². The molecule has 124 valence electrons. The SMILES string of the molecule is COc1ccc(-c2nc(C(=O)NC(CCO)C(C)C)cs2)cc1. The summed E-state index contributed by atoms with van der Waals surface area (Å²) in [4.78, 5) is 16.7. The minimum absolute atomic E-state index is 0.0529. The Hall–Kier alpha value is -1.92. The standard InChI is InChI=1S/C17H22N2O3S/c1-11(2)14(8-9-20)18-16(21)15-10-23-17(19-15)12-4-6-13(22-3)7-5-12/h4-7,10-11,14,20H,8-9H2,1-3H3,(H,18,21). The van der Waals surface area contributed by atoms with Gasteiger partial charge in [0, 0.05) is 23.6 Å². The lowest BCUT2D eigenvalue weighted by atomic mass is 10.0. The van der Waals surface area contributed by atoms with E-state index in [0.29, 0.717) is 12.1 Å². The first-order chi connectivity index (χ1) is 11.0. The normalized spacial score (nSPS) is 12.2. The van der Waals surface area contributed by atoms with Gasteiger partial charge in [0.1, 0.15) is 16.5 Å². The summed E-state index contributed by atoms with van der Waals surface area (Å²) >= 11 is 1.43. The van der Waals surface area contributed by atoms with E-state index in [2.05, 4.69) is 10.3 Å². The molecule has 23 heavy (non-hydrogen) atoms. The van der Waals surface area contributed by atoms with Gasteiger partial charge in [0.05, 0.1) is 7.11 Å². The third kappa shape index (κ3) is 4.53. The average molecular weight is 334 g/mol. The Labute approximate surface area is 140 Å². The number of aliphatic hydroxyl groups is 1. The van der Waals surface area contributed by atoms with Crippen molar-refractivity contribution >= 4 is 17.2 Å². The van der Waals surface area contributed by atoms with E-state index in [1.54, 1.807) is 12.5 Å². The van der Waals surface area contributed by atoms with Crippen molar-refractivity contribution in [1.29, 1.82) is 0 Å². The van der Waals surface area contributed by atoms with Crippen LogP contribution < -0.4 is 10.1 Å². The lowest BCUT2D eigenvalue weighted by Gasteiger charge is -2.20. The number of hydrogen-bond acceptors (Lipinski definition) is 5. The van der Waals surface area contributed by atoms with Crippen molar-refractivity contribution in [3.05, 3.63) is 35.3 Å². The number of aliphatic hydroxyl groups excluding tert-OH is 1. The molecular weight excluding hydrogens is 312 g/mol. The average Bonchev–Trinajstić information content (AvgIpc) is 3.04. The van der Waals surface area contributed by atoms with Gasteiger partial charge >= 0.3 is 0 Å². The van der Waals surface area contributed by atoms with Gasteiger partial charge in [-0.2, -0.15) is 0 Å². The van der Waals surface area contributed by atoms with Gasteiger partial charge < -0.3 is 15.2 Å². The first-order valence-corrected chi connectivity index (χ1v) is 8.44. The molecule has 1 atom stereocenters. The van der Waals surface area contributed by atoms with E-state index in [1.165, 1.54) is 11.3 Å². The van der Waals surface area contributed by atoms with Crippen molar-refractivity contribution < 1.29 is 14.6 Å². The van der Waals surface area contributed by atoms with Gasteiger partial charge in [-0.15, -0.1) is 11.3 Å². The Morgan fingerprint density at radius 1 is 1.35 bits per heavy atom. The van der Waals surface area contributed by atoms with Crippen LogP contribution in [0.15, 0.2) is 29.6 Å². The Morgan fingerprint density at radius 2 is 2.04 bits per heavy atom. The van der Waals surface area contributed by atoms with Crippen LogP contribution in [0.3, 0.4) is 0 Å². The highest BCUT2D eigenvalue weighted by atomic mass is 32.1. The van der Waals surface area contributed by atoms with E-state index in [4.69, 9.17) is 9.84 Å². The van der Waals surface area contributed by atoms with Crippen LogP contribution in [0, 0.1) is 5.92 Å². The summed E-state index contributed by atoms with van der Waals surface area (Å²) < 4.78 is 5.14. The Bertz CT molecular complexity index is 638. The number of nitrogens with one attached hydrogen (secondary N) is 1. The fourth-order valence-corrected chi connectivity index (χ4v) is 3.00. The number of benzene rings is 1. The van der Waals surface area contributed by atoms with E-state index in [9.17, 15) is 4.79 Å². The third-order valence-corrected chi connectivity index (χ3v) is 4.53. The third-order valence-electron chi connectivity index (χ3n) is 3.64. The number of nitrogens with zero attached hydrogens (tertiary/aromatic N) is 1. The molecule has 1 amide bonds. The number of ether oxygens (including phenoxy) is 1. The maximum Gasteiger partial charge on any atom is 0.271 e. The van der Waals surface area contributed by atoms with E-state index in [-0.39, 0.29) is 24.5 Å². The molecule has 1 heterocycles. The minimum Gasteiger partial charge on any atom is -0.497 e. The molecule has 0 radical (unpaired) electrons. The van der Waals surface area contributed by atoms with Crippen LogP contribution in [0.2, 0.25) is 0 Å². The zero-order valence-electron chi connectivity index (χ0n) is 13.6. The quantitative estimate of drug-likeness (QED) is 0.816. The minimum atomic E-state index is -0.201. The van der Waals surface area contributed by atoms with Gasteiger partial charge in [0.15, 0.2) is 0 Å². The number of hydrogen-bond donors (Lipinski definition) is 2. The predicted octanol–water partition coefficient (Wildman–Crippen LogP) is 2.96. The molecule has 0 spiro atoms. The van der Waals surface area contributed by atoms with E-state index >= 15 is 0 Å². The first kappa shape index (κ1) is 17.4. The van der Waals surface area contributed by atoms with Crippen molar-refractivity contribution in [2.24, 2.45) is 5.92 Å². The smallest absolute Gasteiger partial charge is 0.271 e. The number of amides is 1. The van der Waals surface area contributed by atoms with Crippen molar-refractivity contribution in [1.82, 2.24) is 10.3 Å². The number of carbonyl (C=O) groups is 1. The van der Waals surface area contributed by atoms with Crippen LogP contribution in [-0.2, 0) is 0 Å². The Morgan fingerprint density at radius 3 is 2.61 bits per heavy atom. The van der Waals surface area contributed by atoms with Crippen molar-refractivity contribution in [3.63, 3.8) is 0 Å². The summed E-state index contributed by atoms with van der Waals surface area (Å²) in [5.74, 6) is 0.839. The number of methoxy groups -OCH3 is 1. The summed E-state index contributed by atoms with van der Waals surface area (Å²) in [7, 11) is 1.62. The lowest BCUT2D eigenvalue weighted by molar-refractivity contribution is 0.0912. The Balaban J connectivity index is 2.09.